The van der Waals surface area contributed by atoms with Crippen LogP contribution in [-0.2, 0) is 23.7 Å². The Morgan fingerprint density at radius 2 is 1.69 bits per heavy atom. The van der Waals surface area contributed by atoms with Gasteiger partial charge in [0.05, 0.1) is 31.5 Å². The second-order valence-electron chi connectivity index (χ2n) is 19.2. The molecule has 8 unspecified atom stereocenters. The molecule has 0 radical (unpaired) electrons. The van der Waals surface area contributed by atoms with E-state index in [0.717, 1.165) is 37.2 Å². The van der Waals surface area contributed by atoms with Gasteiger partial charge in [-0.15, -0.1) is 0 Å². The Bertz CT molecular complexity index is 1330. The molecule has 0 aromatic rings. The van der Waals surface area contributed by atoms with Gasteiger partial charge < -0.3 is 33.5 Å². The molecule has 5 aliphatic carbocycles. The van der Waals surface area contributed by atoms with Crippen LogP contribution < -0.4 is 0 Å². The third kappa shape index (κ3) is 5.75. The fraction of sp³-hybridized carbons (Fsp3) is 0.900. The van der Waals surface area contributed by atoms with Gasteiger partial charge in [-0.25, -0.2) is 9.59 Å². The minimum Gasteiger partial charge on any atom is -0.444 e. The molecule has 0 aromatic heterocycles. The predicted molar refractivity (Wildman–Crippen MR) is 187 cm³/mol. The van der Waals surface area contributed by atoms with Gasteiger partial charge in [0, 0.05) is 20.6 Å². The van der Waals surface area contributed by atoms with Crippen LogP contribution in [0.3, 0.4) is 0 Å². The second kappa shape index (κ2) is 12.1. The van der Waals surface area contributed by atoms with Crippen molar-refractivity contribution in [1.29, 1.82) is 0 Å². The molecule has 0 N–H and O–H groups in total. The molecule has 2 saturated heterocycles. The highest BCUT2D eigenvalue weighted by Crippen LogP contribution is 2.87. The molecule has 7 aliphatic rings. The summed E-state index contributed by atoms with van der Waals surface area (Å²) in [6.45, 7) is 20.8. The Hall–Kier alpha value is -1.84. The zero-order valence-electron chi connectivity index (χ0n) is 31.8. The average Bonchev–Trinajstić information content (AvgIpc) is 3.60. The number of ether oxygens (including phenoxy) is 5. The predicted octanol–water partition coefficient (Wildman–Crippen LogP) is 7.81. The van der Waals surface area contributed by atoms with Gasteiger partial charge in [-0.3, -0.25) is 0 Å². The molecule has 12 atom stereocenters. The number of hydrogen-bond acceptors (Lipinski definition) is 7. The maximum atomic E-state index is 12.8. The van der Waals surface area contributed by atoms with E-state index in [0.29, 0.717) is 53.7 Å². The van der Waals surface area contributed by atoms with Crippen molar-refractivity contribution in [2.45, 2.75) is 149 Å². The van der Waals surface area contributed by atoms with E-state index in [4.69, 9.17) is 23.7 Å². The maximum Gasteiger partial charge on any atom is 0.410 e. The zero-order valence-corrected chi connectivity index (χ0v) is 31.8. The Morgan fingerprint density at radius 1 is 0.959 bits per heavy atom. The van der Waals surface area contributed by atoms with Gasteiger partial charge in [-0.1, -0.05) is 27.4 Å². The van der Waals surface area contributed by atoms with Crippen molar-refractivity contribution in [3.05, 3.63) is 12.2 Å². The molecule has 2 heterocycles. The number of rotatable bonds is 5. The molecule has 7 fully saturated rings. The number of hydrogen-bond donors (Lipinski definition) is 0. The van der Waals surface area contributed by atoms with E-state index < -0.39 is 18.0 Å². The van der Waals surface area contributed by atoms with E-state index in [2.05, 4.69) is 27.4 Å². The van der Waals surface area contributed by atoms with Gasteiger partial charge in [-0.2, -0.15) is 0 Å². The lowest BCUT2D eigenvalue weighted by molar-refractivity contribution is -0.243. The van der Waals surface area contributed by atoms with Crippen LogP contribution in [-0.4, -0.2) is 92.1 Å². The van der Waals surface area contributed by atoms with Crippen molar-refractivity contribution >= 4 is 12.2 Å². The summed E-state index contributed by atoms with van der Waals surface area (Å²) in [4.78, 5) is 28.6. The van der Waals surface area contributed by atoms with E-state index in [9.17, 15) is 9.59 Å². The minimum atomic E-state index is -0.525. The highest BCUT2D eigenvalue weighted by atomic mass is 16.7. The van der Waals surface area contributed by atoms with E-state index in [1.165, 1.54) is 43.4 Å². The third-order valence-electron chi connectivity index (χ3n) is 15.0. The highest BCUT2D eigenvalue weighted by Gasteiger charge is 2.80. The molecule has 0 bridgehead atoms. The molecule has 49 heavy (non-hydrogen) atoms. The van der Waals surface area contributed by atoms with Crippen LogP contribution in [0.25, 0.3) is 0 Å². The molecule has 5 saturated carbocycles. The number of fused-ring (bicyclic) bond motifs is 4. The third-order valence-corrected chi connectivity index (χ3v) is 15.0. The summed E-state index contributed by atoms with van der Waals surface area (Å²) in [5, 5.41) is 0. The fourth-order valence-corrected chi connectivity index (χ4v) is 12.8. The zero-order chi connectivity index (χ0) is 35.3. The van der Waals surface area contributed by atoms with Gasteiger partial charge in [0.15, 0.2) is 12.4 Å². The lowest BCUT2D eigenvalue weighted by atomic mass is 9.46. The molecule has 2 spiro atoms. The lowest BCUT2D eigenvalue weighted by Gasteiger charge is -2.60. The van der Waals surface area contributed by atoms with Crippen LogP contribution in [0.15, 0.2) is 12.2 Å². The first-order chi connectivity index (χ1) is 22.9. The number of amides is 2. The first kappa shape index (κ1) is 35.6. The Labute approximate surface area is 295 Å². The number of morpholine rings is 1. The average molecular weight is 685 g/mol. The van der Waals surface area contributed by atoms with Crippen molar-refractivity contribution in [1.82, 2.24) is 9.80 Å². The molecular formula is C40H64N2O7. The second-order valence-corrected chi connectivity index (χ2v) is 19.2. The fourth-order valence-electron chi connectivity index (χ4n) is 12.8. The summed E-state index contributed by atoms with van der Waals surface area (Å²) in [6.07, 6.45) is 10.8. The SMILES string of the molecule is C=C(C)[C@@H](OC(=O)N(C)C)C1CCC2C(CC3C4CCC5C(C)(C)[C@@H](OC6CN(C(=O)OC(C)(C)C)CCO6)CC[C@@]56CC46CC[C@]23C)O1. The summed E-state index contributed by atoms with van der Waals surface area (Å²) in [7, 11) is 3.45. The van der Waals surface area contributed by atoms with E-state index in [1.807, 2.05) is 27.7 Å². The van der Waals surface area contributed by atoms with Crippen molar-refractivity contribution in [3.8, 4) is 0 Å². The van der Waals surface area contributed by atoms with Crippen molar-refractivity contribution in [3.63, 3.8) is 0 Å². The summed E-state index contributed by atoms with van der Waals surface area (Å²) in [5.74, 6) is 2.66. The van der Waals surface area contributed by atoms with Crippen LogP contribution in [0.4, 0.5) is 9.59 Å². The molecule has 2 aliphatic heterocycles. The molecule has 9 heteroatoms. The maximum absolute atomic E-state index is 12.8. The van der Waals surface area contributed by atoms with Crippen LogP contribution in [0.5, 0.6) is 0 Å². The van der Waals surface area contributed by atoms with E-state index in [-0.39, 0.29) is 35.9 Å². The first-order valence-corrected chi connectivity index (χ1v) is 19.4. The Balaban J connectivity index is 1.02. The van der Waals surface area contributed by atoms with E-state index >= 15 is 0 Å². The van der Waals surface area contributed by atoms with Gasteiger partial charge in [0.25, 0.3) is 0 Å². The molecule has 0 aromatic carbocycles. The molecule has 9 nitrogen and oxygen atoms in total. The minimum absolute atomic E-state index is 0.0343. The molecular weight excluding hydrogens is 620 g/mol. The monoisotopic (exact) mass is 684 g/mol. The van der Waals surface area contributed by atoms with E-state index in [1.54, 1.807) is 19.0 Å². The summed E-state index contributed by atoms with van der Waals surface area (Å²) in [5.41, 5.74) is 1.55. The highest BCUT2D eigenvalue weighted by molar-refractivity contribution is 5.68. The summed E-state index contributed by atoms with van der Waals surface area (Å²) < 4.78 is 31.4. The Kier molecular flexibility index (Phi) is 8.79. The van der Waals surface area contributed by atoms with Gasteiger partial charge >= 0.3 is 12.2 Å². The van der Waals surface area contributed by atoms with Crippen molar-refractivity contribution < 1.29 is 33.3 Å². The summed E-state index contributed by atoms with van der Waals surface area (Å²) in [6, 6.07) is 0. The van der Waals surface area contributed by atoms with Crippen LogP contribution in [0.2, 0.25) is 0 Å². The number of carbonyl (C=O) groups excluding carboxylic acids is 2. The van der Waals surface area contributed by atoms with Crippen molar-refractivity contribution in [2.75, 3.05) is 33.8 Å². The quantitative estimate of drug-likeness (QED) is 0.273. The lowest BCUT2D eigenvalue weighted by Crippen LogP contribution is -2.56. The molecule has 7 rings (SSSR count). The van der Waals surface area contributed by atoms with Crippen molar-refractivity contribution in [2.24, 2.45) is 45.3 Å². The van der Waals surface area contributed by atoms with Gasteiger partial charge in [-0.05, 0) is 143 Å². The standard InChI is InChI=1S/C40H64N2O7/c1-24(2)33(48-34(43)41(9)10)28-13-11-26-29(46-28)21-27-25-12-14-30-37(6,7)31(15-16-40(30)23-39(25,40)18-17-38(26,27)8)47-32-22-42(19-20-45-32)35(44)49-36(3,4)5/h25-33H,1,11-23H2,2-10H3/t25?,26?,27?,28?,29?,30?,31-,32?,33+,38+,39?,40+/m0/s1. The van der Waals surface area contributed by atoms with Gasteiger partial charge in [0.1, 0.15) is 5.60 Å². The Morgan fingerprint density at radius 3 is 2.39 bits per heavy atom. The normalized spacial score (nSPS) is 44.2. The molecule has 276 valence electrons. The topological polar surface area (TPSA) is 86.8 Å². The first-order valence-electron chi connectivity index (χ1n) is 19.4. The largest absolute Gasteiger partial charge is 0.444 e. The van der Waals surface area contributed by atoms with Crippen LogP contribution in [0.1, 0.15) is 113 Å². The number of nitrogens with zero attached hydrogens (tertiary/aromatic N) is 2. The molecule has 2 amide bonds. The van der Waals surface area contributed by atoms with Gasteiger partial charge in [0.2, 0.25) is 0 Å². The smallest absolute Gasteiger partial charge is 0.410 e. The summed E-state index contributed by atoms with van der Waals surface area (Å²) >= 11 is 0. The van der Waals surface area contributed by atoms with Crippen LogP contribution >= 0.6 is 0 Å². The van der Waals surface area contributed by atoms with Crippen LogP contribution in [0, 0.1) is 45.3 Å². The number of carbonyl (C=O) groups is 2.